The second-order valence-electron chi connectivity index (χ2n) is 7.18. The number of rotatable bonds is 7. The number of carbonyl (C=O) groups is 1. The summed E-state index contributed by atoms with van der Waals surface area (Å²) in [4.78, 5) is 19.1. The van der Waals surface area contributed by atoms with Crippen LogP contribution in [0, 0.1) is 6.92 Å². The smallest absolute Gasteiger partial charge is 0.253 e. The number of pyridine rings is 1. The molecule has 0 aliphatic heterocycles. The highest BCUT2D eigenvalue weighted by atomic mass is 16.1. The van der Waals surface area contributed by atoms with Gasteiger partial charge in [0.2, 0.25) is 0 Å². The molecule has 2 N–H and O–H groups in total. The Labute approximate surface area is 162 Å². The van der Waals surface area contributed by atoms with Gasteiger partial charge in [0, 0.05) is 36.7 Å². The first-order valence-electron chi connectivity index (χ1n) is 10.00. The molecule has 144 valence electrons. The van der Waals surface area contributed by atoms with Gasteiger partial charge in [-0.15, -0.1) is 0 Å². The summed E-state index contributed by atoms with van der Waals surface area (Å²) in [5.41, 5.74) is 4.04. The van der Waals surface area contributed by atoms with Crippen LogP contribution in [0.25, 0.3) is 0 Å². The van der Waals surface area contributed by atoms with Crippen molar-refractivity contribution in [2.75, 3.05) is 23.3 Å². The van der Waals surface area contributed by atoms with Gasteiger partial charge in [-0.3, -0.25) is 4.79 Å². The Morgan fingerprint density at radius 2 is 1.89 bits per heavy atom. The lowest BCUT2D eigenvalue weighted by molar-refractivity contribution is 0.0937. The Morgan fingerprint density at radius 3 is 2.48 bits per heavy atom. The molecular weight excluding hydrogens is 336 g/mol. The van der Waals surface area contributed by atoms with E-state index in [2.05, 4.69) is 59.5 Å². The van der Waals surface area contributed by atoms with Crippen molar-refractivity contribution in [2.24, 2.45) is 0 Å². The molecule has 1 aromatic heterocycles. The van der Waals surface area contributed by atoms with Crippen LogP contribution in [-0.2, 0) is 0 Å². The summed E-state index contributed by atoms with van der Waals surface area (Å²) in [7, 11) is 0. The van der Waals surface area contributed by atoms with E-state index in [0.717, 1.165) is 37.4 Å². The van der Waals surface area contributed by atoms with Crippen LogP contribution in [0.1, 0.15) is 55.5 Å². The monoisotopic (exact) mass is 366 g/mol. The first kappa shape index (κ1) is 19.2. The van der Waals surface area contributed by atoms with Crippen LogP contribution < -0.4 is 15.5 Å². The van der Waals surface area contributed by atoms with Crippen LogP contribution in [-0.4, -0.2) is 30.0 Å². The number of amides is 1. The van der Waals surface area contributed by atoms with E-state index in [4.69, 9.17) is 0 Å². The predicted octanol–water partition coefficient (Wildman–Crippen LogP) is 4.65. The number of anilines is 3. The van der Waals surface area contributed by atoms with Crippen LogP contribution in [0.4, 0.5) is 17.2 Å². The molecule has 2 aromatic rings. The molecule has 5 nitrogen and oxygen atoms in total. The largest absolute Gasteiger partial charge is 0.372 e. The van der Waals surface area contributed by atoms with Crippen molar-refractivity contribution in [3.8, 4) is 0 Å². The van der Waals surface area contributed by atoms with Crippen LogP contribution in [0.3, 0.4) is 0 Å². The number of hydrogen-bond acceptors (Lipinski definition) is 4. The Morgan fingerprint density at radius 1 is 1.15 bits per heavy atom. The third-order valence-corrected chi connectivity index (χ3v) is 5.32. The van der Waals surface area contributed by atoms with Gasteiger partial charge in [-0.2, -0.15) is 0 Å². The molecule has 1 heterocycles. The summed E-state index contributed by atoms with van der Waals surface area (Å²) in [6.45, 7) is 8.42. The van der Waals surface area contributed by atoms with Crippen LogP contribution in [0.15, 0.2) is 36.5 Å². The quantitative estimate of drug-likeness (QED) is 0.749. The van der Waals surface area contributed by atoms with Crippen molar-refractivity contribution < 1.29 is 4.79 Å². The summed E-state index contributed by atoms with van der Waals surface area (Å²) in [6.07, 6.45) is 6.23. The van der Waals surface area contributed by atoms with Crippen molar-refractivity contribution in [2.45, 2.75) is 52.5 Å². The molecule has 27 heavy (non-hydrogen) atoms. The maximum atomic E-state index is 12.3. The van der Waals surface area contributed by atoms with Gasteiger partial charge in [0.15, 0.2) is 0 Å². The number of aryl methyl sites for hydroxylation is 1. The maximum Gasteiger partial charge on any atom is 0.253 e. The fourth-order valence-corrected chi connectivity index (χ4v) is 3.65. The van der Waals surface area contributed by atoms with Crippen LogP contribution >= 0.6 is 0 Å². The third kappa shape index (κ3) is 4.79. The summed E-state index contributed by atoms with van der Waals surface area (Å²) >= 11 is 0. The number of benzene rings is 1. The molecule has 1 aromatic carbocycles. The fraction of sp³-hybridized carbons (Fsp3) is 0.455. The second-order valence-corrected chi connectivity index (χ2v) is 7.18. The Hall–Kier alpha value is -2.56. The number of hydrogen-bond donors (Lipinski definition) is 2. The first-order valence-corrected chi connectivity index (χ1v) is 10.00. The lowest BCUT2D eigenvalue weighted by Crippen LogP contribution is -2.32. The standard InChI is InChI=1S/C22H30N4O/c1-4-26(5-2)19-11-12-20(16(3)14-19)25-21-13-10-17(15-23-21)22(27)24-18-8-6-7-9-18/h10-15,18H,4-9H2,1-3H3,(H,23,25)(H,24,27). The minimum absolute atomic E-state index is 0.0271. The zero-order chi connectivity index (χ0) is 19.2. The highest BCUT2D eigenvalue weighted by Gasteiger charge is 2.18. The van der Waals surface area contributed by atoms with Crippen molar-refractivity contribution in [1.82, 2.24) is 10.3 Å². The van der Waals surface area contributed by atoms with Gasteiger partial charge in [-0.1, -0.05) is 12.8 Å². The average molecular weight is 367 g/mol. The van der Waals surface area contributed by atoms with E-state index in [1.54, 1.807) is 6.20 Å². The third-order valence-electron chi connectivity index (χ3n) is 5.32. The lowest BCUT2D eigenvalue weighted by Gasteiger charge is -2.22. The molecule has 5 heteroatoms. The van der Waals surface area contributed by atoms with Gasteiger partial charge < -0.3 is 15.5 Å². The highest BCUT2D eigenvalue weighted by Crippen LogP contribution is 2.25. The van der Waals surface area contributed by atoms with Crippen molar-refractivity contribution in [3.63, 3.8) is 0 Å². The molecule has 1 saturated carbocycles. The van der Waals surface area contributed by atoms with E-state index in [1.165, 1.54) is 24.1 Å². The number of aromatic nitrogens is 1. The molecule has 1 aliphatic rings. The van der Waals surface area contributed by atoms with Crippen molar-refractivity contribution >= 4 is 23.1 Å². The second kappa shape index (κ2) is 8.89. The van der Waals surface area contributed by atoms with Crippen molar-refractivity contribution in [1.29, 1.82) is 0 Å². The maximum absolute atomic E-state index is 12.3. The molecule has 0 unspecified atom stereocenters. The molecule has 1 amide bonds. The van der Waals surface area contributed by atoms with Gasteiger partial charge in [-0.25, -0.2) is 4.98 Å². The highest BCUT2D eigenvalue weighted by molar-refractivity contribution is 5.94. The minimum atomic E-state index is -0.0271. The molecule has 0 atom stereocenters. The summed E-state index contributed by atoms with van der Waals surface area (Å²) in [5, 5.41) is 6.45. The van der Waals surface area contributed by atoms with Gasteiger partial charge in [0.05, 0.1) is 5.56 Å². The Balaban J connectivity index is 1.64. The molecule has 0 bridgehead atoms. The molecule has 0 saturated heterocycles. The zero-order valence-electron chi connectivity index (χ0n) is 16.6. The Kier molecular flexibility index (Phi) is 6.32. The average Bonchev–Trinajstić information content (AvgIpc) is 3.18. The molecule has 0 spiro atoms. The van der Waals surface area contributed by atoms with Gasteiger partial charge in [0.25, 0.3) is 5.91 Å². The molecular formula is C22H30N4O. The topological polar surface area (TPSA) is 57.3 Å². The summed E-state index contributed by atoms with van der Waals surface area (Å²) < 4.78 is 0. The first-order chi connectivity index (χ1) is 13.1. The van der Waals surface area contributed by atoms with E-state index < -0.39 is 0 Å². The van der Waals surface area contributed by atoms with E-state index in [-0.39, 0.29) is 5.91 Å². The van der Waals surface area contributed by atoms with Crippen LogP contribution in [0.5, 0.6) is 0 Å². The SMILES string of the molecule is CCN(CC)c1ccc(Nc2ccc(C(=O)NC3CCCC3)cn2)c(C)c1. The molecule has 1 aliphatic carbocycles. The van der Waals surface area contributed by atoms with E-state index >= 15 is 0 Å². The van der Waals surface area contributed by atoms with E-state index in [9.17, 15) is 4.79 Å². The molecule has 3 rings (SSSR count). The van der Waals surface area contributed by atoms with E-state index in [1.807, 2.05) is 12.1 Å². The normalized spacial score (nSPS) is 14.2. The number of nitrogens with one attached hydrogen (secondary N) is 2. The van der Waals surface area contributed by atoms with Crippen molar-refractivity contribution in [3.05, 3.63) is 47.7 Å². The molecule has 0 radical (unpaired) electrons. The summed E-state index contributed by atoms with van der Waals surface area (Å²) in [6, 6.07) is 10.4. The Bertz CT molecular complexity index is 762. The number of carbonyl (C=O) groups excluding carboxylic acids is 1. The van der Waals surface area contributed by atoms with Crippen LogP contribution in [0.2, 0.25) is 0 Å². The summed E-state index contributed by atoms with van der Waals surface area (Å²) in [5.74, 6) is 0.715. The minimum Gasteiger partial charge on any atom is -0.372 e. The molecule has 1 fully saturated rings. The lowest BCUT2D eigenvalue weighted by atomic mass is 10.1. The number of nitrogens with zero attached hydrogens (tertiary/aromatic N) is 2. The van der Waals surface area contributed by atoms with Gasteiger partial charge in [-0.05, 0) is 69.5 Å². The predicted molar refractivity (Wildman–Crippen MR) is 112 cm³/mol. The zero-order valence-corrected chi connectivity index (χ0v) is 16.6. The van der Waals surface area contributed by atoms with E-state index in [0.29, 0.717) is 11.6 Å². The van der Waals surface area contributed by atoms with Gasteiger partial charge in [0.1, 0.15) is 5.82 Å². The fourth-order valence-electron chi connectivity index (χ4n) is 3.65. The van der Waals surface area contributed by atoms with Gasteiger partial charge >= 0.3 is 0 Å².